The van der Waals surface area contributed by atoms with Gasteiger partial charge in [0.1, 0.15) is 5.25 Å². The molecule has 1 atom stereocenters. The third-order valence-electron chi connectivity index (χ3n) is 3.15. The molecular formula is C17H14ClNO2S2. The fourth-order valence-electron chi connectivity index (χ4n) is 2.13. The molecule has 6 heteroatoms. The minimum absolute atomic E-state index is 0.249. The highest BCUT2D eigenvalue weighted by atomic mass is 35.5. The zero-order valence-electron chi connectivity index (χ0n) is 12.4. The molecule has 0 radical (unpaired) electrons. The molecule has 1 heterocycles. The number of benzene rings is 2. The summed E-state index contributed by atoms with van der Waals surface area (Å²) in [6.07, 6.45) is 0. The lowest BCUT2D eigenvalue weighted by molar-refractivity contribution is -0.142. The molecule has 0 bridgehead atoms. The summed E-state index contributed by atoms with van der Waals surface area (Å²) >= 11 is 8.97. The maximum Gasteiger partial charge on any atom is 0.324 e. The molecule has 0 unspecified atom stereocenters. The quantitative estimate of drug-likeness (QED) is 0.452. The van der Waals surface area contributed by atoms with Crippen molar-refractivity contribution in [3.05, 3.63) is 59.1 Å². The minimum Gasteiger partial charge on any atom is -0.465 e. The number of aromatic nitrogens is 1. The van der Waals surface area contributed by atoms with Gasteiger partial charge in [-0.15, -0.1) is 11.3 Å². The van der Waals surface area contributed by atoms with Gasteiger partial charge in [-0.2, -0.15) is 0 Å². The van der Waals surface area contributed by atoms with E-state index in [9.17, 15) is 4.79 Å². The summed E-state index contributed by atoms with van der Waals surface area (Å²) in [4.78, 5) is 16.9. The van der Waals surface area contributed by atoms with Crippen molar-refractivity contribution in [1.82, 2.24) is 4.98 Å². The highest BCUT2D eigenvalue weighted by Crippen LogP contribution is 2.40. The zero-order chi connectivity index (χ0) is 16.2. The first kappa shape index (κ1) is 16.3. The molecule has 0 saturated heterocycles. The summed E-state index contributed by atoms with van der Waals surface area (Å²) in [7, 11) is 0. The van der Waals surface area contributed by atoms with E-state index < -0.39 is 5.25 Å². The SMILES string of the molecule is CCOC(=O)[C@@H](Sc1nc2cc(Cl)ccc2s1)c1ccccc1. The number of ether oxygens (including phenoxy) is 1. The molecular weight excluding hydrogens is 350 g/mol. The van der Waals surface area contributed by atoms with Crippen LogP contribution in [0.2, 0.25) is 5.02 Å². The van der Waals surface area contributed by atoms with Crippen molar-refractivity contribution >= 4 is 50.9 Å². The van der Waals surface area contributed by atoms with Crippen LogP contribution in [0.1, 0.15) is 17.7 Å². The molecule has 0 amide bonds. The van der Waals surface area contributed by atoms with Crippen LogP contribution >= 0.6 is 34.7 Å². The number of carbonyl (C=O) groups is 1. The zero-order valence-corrected chi connectivity index (χ0v) is 14.8. The number of halogens is 1. The van der Waals surface area contributed by atoms with Gasteiger partial charge in [0.05, 0.1) is 16.8 Å². The number of fused-ring (bicyclic) bond motifs is 1. The number of hydrogen-bond acceptors (Lipinski definition) is 5. The summed E-state index contributed by atoms with van der Waals surface area (Å²) in [6, 6.07) is 15.2. The Labute approximate surface area is 147 Å². The van der Waals surface area contributed by atoms with Gasteiger partial charge in [-0.25, -0.2) is 4.98 Å². The Bertz CT molecular complexity index is 820. The Morgan fingerprint density at radius 2 is 2.09 bits per heavy atom. The topological polar surface area (TPSA) is 39.2 Å². The molecule has 0 saturated carbocycles. The van der Waals surface area contributed by atoms with Crippen LogP contribution < -0.4 is 0 Å². The van der Waals surface area contributed by atoms with Gasteiger partial charge in [-0.05, 0) is 30.7 Å². The molecule has 0 N–H and O–H groups in total. The van der Waals surface area contributed by atoms with Crippen LogP contribution in [0.25, 0.3) is 10.2 Å². The number of thiazole rings is 1. The van der Waals surface area contributed by atoms with E-state index in [4.69, 9.17) is 16.3 Å². The van der Waals surface area contributed by atoms with Crippen molar-refractivity contribution in [3.8, 4) is 0 Å². The predicted octanol–water partition coefficient (Wildman–Crippen LogP) is 5.35. The molecule has 3 rings (SSSR count). The van der Waals surface area contributed by atoms with E-state index >= 15 is 0 Å². The van der Waals surface area contributed by atoms with Gasteiger partial charge in [0.15, 0.2) is 4.34 Å². The Balaban J connectivity index is 1.91. The summed E-state index contributed by atoms with van der Waals surface area (Å²) in [5, 5.41) is 0.233. The van der Waals surface area contributed by atoms with Gasteiger partial charge in [0.25, 0.3) is 0 Å². The number of carbonyl (C=O) groups excluding carboxylic acids is 1. The molecule has 0 aliphatic rings. The molecule has 0 fully saturated rings. The van der Waals surface area contributed by atoms with Crippen LogP contribution in [0.5, 0.6) is 0 Å². The molecule has 23 heavy (non-hydrogen) atoms. The molecule has 2 aromatic carbocycles. The third kappa shape index (κ3) is 3.86. The largest absolute Gasteiger partial charge is 0.465 e. The minimum atomic E-state index is -0.424. The molecule has 118 valence electrons. The molecule has 0 aliphatic heterocycles. The van der Waals surface area contributed by atoms with Gasteiger partial charge in [-0.3, -0.25) is 4.79 Å². The van der Waals surface area contributed by atoms with Gasteiger partial charge >= 0.3 is 5.97 Å². The number of esters is 1. The van der Waals surface area contributed by atoms with Crippen molar-refractivity contribution < 1.29 is 9.53 Å². The summed E-state index contributed by atoms with van der Waals surface area (Å²) in [5.41, 5.74) is 1.76. The first-order chi connectivity index (χ1) is 11.2. The highest BCUT2D eigenvalue weighted by Gasteiger charge is 2.24. The van der Waals surface area contributed by atoms with Crippen LogP contribution in [0, 0.1) is 0 Å². The molecule has 3 nitrogen and oxygen atoms in total. The predicted molar refractivity (Wildman–Crippen MR) is 96.3 cm³/mol. The van der Waals surface area contributed by atoms with Gasteiger partial charge < -0.3 is 4.74 Å². The highest BCUT2D eigenvalue weighted by molar-refractivity contribution is 8.02. The number of nitrogens with zero attached hydrogens (tertiary/aromatic N) is 1. The van der Waals surface area contributed by atoms with Crippen LogP contribution in [0.3, 0.4) is 0 Å². The average Bonchev–Trinajstić information content (AvgIpc) is 2.95. The van der Waals surface area contributed by atoms with E-state index in [1.54, 1.807) is 11.3 Å². The van der Waals surface area contributed by atoms with E-state index in [1.165, 1.54) is 11.8 Å². The second kappa shape index (κ2) is 7.34. The maximum absolute atomic E-state index is 12.3. The first-order valence-corrected chi connectivity index (χ1v) is 9.19. The van der Waals surface area contributed by atoms with Crippen LogP contribution in [-0.4, -0.2) is 17.6 Å². The average molecular weight is 364 g/mol. The smallest absolute Gasteiger partial charge is 0.324 e. The van der Waals surface area contributed by atoms with Crippen LogP contribution in [0.15, 0.2) is 52.9 Å². The summed E-state index contributed by atoms with van der Waals surface area (Å²) < 4.78 is 7.09. The van der Waals surface area contributed by atoms with Crippen molar-refractivity contribution in [2.45, 2.75) is 16.5 Å². The van der Waals surface area contributed by atoms with Gasteiger partial charge in [0, 0.05) is 5.02 Å². The van der Waals surface area contributed by atoms with Crippen molar-refractivity contribution in [1.29, 1.82) is 0 Å². The van der Waals surface area contributed by atoms with E-state index in [-0.39, 0.29) is 5.97 Å². The van der Waals surface area contributed by atoms with Crippen LogP contribution in [-0.2, 0) is 9.53 Å². The Kier molecular flexibility index (Phi) is 5.20. The number of hydrogen-bond donors (Lipinski definition) is 0. The normalized spacial score (nSPS) is 12.3. The standard InChI is InChI=1S/C17H14ClNO2S2/c1-2-21-16(20)15(11-6-4-3-5-7-11)23-17-19-13-10-12(18)8-9-14(13)22-17/h3-10,15H,2H2,1H3/t15-/m0/s1. The third-order valence-corrected chi connectivity index (χ3v) is 5.75. The fourth-order valence-corrected chi connectivity index (χ4v) is 4.53. The Morgan fingerprint density at radius 1 is 1.30 bits per heavy atom. The Morgan fingerprint density at radius 3 is 2.83 bits per heavy atom. The lowest BCUT2D eigenvalue weighted by atomic mass is 10.1. The number of thioether (sulfide) groups is 1. The second-order valence-corrected chi connectivity index (χ2v) is 7.57. The Hall–Kier alpha value is -1.56. The molecule has 3 aromatic rings. The lowest BCUT2D eigenvalue weighted by Crippen LogP contribution is -2.13. The maximum atomic E-state index is 12.3. The fraction of sp³-hybridized carbons (Fsp3) is 0.176. The van der Waals surface area contributed by atoms with Crippen molar-refractivity contribution in [3.63, 3.8) is 0 Å². The van der Waals surface area contributed by atoms with Crippen molar-refractivity contribution in [2.75, 3.05) is 6.61 Å². The summed E-state index contributed by atoms with van der Waals surface area (Å²) in [5.74, 6) is -0.249. The monoisotopic (exact) mass is 363 g/mol. The van der Waals surface area contributed by atoms with E-state index in [2.05, 4.69) is 4.98 Å². The van der Waals surface area contributed by atoms with Crippen LogP contribution in [0.4, 0.5) is 0 Å². The lowest BCUT2D eigenvalue weighted by Gasteiger charge is -2.13. The van der Waals surface area contributed by atoms with E-state index in [0.29, 0.717) is 11.6 Å². The summed E-state index contributed by atoms with van der Waals surface area (Å²) in [6.45, 7) is 2.17. The molecule has 0 aliphatic carbocycles. The molecule has 0 spiro atoms. The van der Waals surface area contributed by atoms with Gasteiger partial charge in [-0.1, -0.05) is 53.7 Å². The second-order valence-electron chi connectivity index (χ2n) is 4.75. The van der Waals surface area contributed by atoms with E-state index in [0.717, 1.165) is 20.1 Å². The van der Waals surface area contributed by atoms with Gasteiger partial charge in [0.2, 0.25) is 0 Å². The molecule has 1 aromatic heterocycles. The number of rotatable bonds is 5. The first-order valence-electron chi connectivity index (χ1n) is 7.11. The van der Waals surface area contributed by atoms with Crippen molar-refractivity contribution in [2.24, 2.45) is 0 Å². The van der Waals surface area contributed by atoms with E-state index in [1.807, 2.05) is 55.5 Å².